The maximum absolute atomic E-state index is 5.83. The highest BCUT2D eigenvalue weighted by molar-refractivity contribution is 6.30. The molecule has 110 valence electrons. The van der Waals surface area contributed by atoms with Gasteiger partial charge in [0, 0.05) is 13.1 Å². The second-order valence-electron chi connectivity index (χ2n) is 6.08. The Morgan fingerprint density at radius 1 is 1.30 bits per heavy atom. The lowest BCUT2D eigenvalue weighted by Crippen LogP contribution is -2.35. The lowest BCUT2D eigenvalue weighted by atomic mass is 9.90. The molecule has 0 bridgehead atoms. The number of nitrogens with zero attached hydrogens (tertiary/aromatic N) is 3. The molecule has 2 unspecified atom stereocenters. The molecule has 2 heterocycles. The van der Waals surface area contributed by atoms with Gasteiger partial charge in [-0.1, -0.05) is 11.6 Å². The van der Waals surface area contributed by atoms with E-state index in [0.29, 0.717) is 5.02 Å². The van der Waals surface area contributed by atoms with Crippen LogP contribution in [0.15, 0.2) is 12.4 Å². The van der Waals surface area contributed by atoms with Gasteiger partial charge >= 0.3 is 0 Å². The van der Waals surface area contributed by atoms with Crippen molar-refractivity contribution in [1.82, 2.24) is 15.3 Å². The van der Waals surface area contributed by atoms with Gasteiger partial charge in [0.2, 0.25) is 5.95 Å². The van der Waals surface area contributed by atoms with Crippen LogP contribution in [0.3, 0.4) is 0 Å². The average molecular weight is 295 g/mol. The number of halogens is 1. The van der Waals surface area contributed by atoms with Gasteiger partial charge in [-0.15, -0.1) is 0 Å². The topological polar surface area (TPSA) is 41.0 Å². The summed E-state index contributed by atoms with van der Waals surface area (Å²) in [5.41, 5.74) is 0. The van der Waals surface area contributed by atoms with E-state index in [2.05, 4.69) is 20.2 Å². The van der Waals surface area contributed by atoms with Gasteiger partial charge in [-0.3, -0.25) is 0 Å². The van der Waals surface area contributed by atoms with E-state index in [1.807, 2.05) is 7.05 Å². The highest BCUT2D eigenvalue weighted by Crippen LogP contribution is 2.49. The Labute approximate surface area is 125 Å². The SMILES string of the molecule is CNCCC1CC1C1CCN(c2ncc(Cl)cn2)CC1. The minimum Gasteiger partial charge on any atom is -0.341 e. The lowest BCUT2D eigenvalue weighted by molar-refractivity contribution is 0.341. The van der Waals surface area contributed by atoms with Crippen LogP contribution in [-0.4, -0.2) is 36.6 Å². The van der Waals surface area contributed by atoms with Gasteiger partial charge < -0.3 is 10.2 Å². The zero-order valence-electron chi connectivity index (χ0n) is 12.1. The molecular weight excluding hydrogens is 272 g/mol. The Balaban J connectivity index is 1.47. The van der Waals surface area contributed by atoms with Crippen LogP contribution in [0.25, 0.3) is 0 Å². The molecule has 1 aliphatic carbocycles. The summed E-state index contributed by atoms with van der Waals surface area (Å²) in [5.74, 6) is 3.71. The van der Waals surface area contributed by atoms with Gasteiger partial charge in [0.1, 0.15) is 0 Å². The van der Waals surface area contributed by atoms with E-state index in [9.17, 15) is 0 Å². The van der Waals surface area contributed by atoms with Crippen LogP contribution in [0.2, 0.25) is 5.02 Å². The molecule has 0 radical (unpaired) electrons. The van der Waals surface area contributed by atoms with E-state index in [-0.39, 0.29) is 0 Å². The van der Waals surface area contributed by atoms with Gasteiger partial charge in [-0.05, 0) is 57.0 Å². The molecule has 0 aromatic carbocycles. The predicted molar refractivity (Wildman–Crippen MR) is 82.1 cm³/mol. The van der Waals surface area contributed by atoms with E-state index in [1.54, 1.807) is 12.4 Å². The highest BCUT2D eigenvalue weighted by atomic mass is 35.5. The van der Waals surface area contributed by atoms with Crippen LogP contribution < -0.4 is 10.2 Å². The van der Waals surface area contributed by atoms with Crippen molar-refractivity contribution in [3.8, 4) is 0 Å². The third-order valence-corrected chi connectivity index (χ3v) is 4.97. The Hall–Kier alpha value is -0.870. The summed E-state index contributed by atoms with van der Waals surface area (Å²) in [6, 6.07) is 0. The van der Waals surface area contributed by atoms with Gasteiger partial charge in [0.25, 0.3) is 0 Å². The zero-order chi connectivity index (χ0) is 13.9. The fraction of sp³-hybridized carbons (Fsp3) is 0.733. The molecule has 1 saturated carbocycles. The minimum absolute atomic E-state index is 0.606. The normalized spacial score (nSPS) is 26.8. The maximum Gasteiger partial charge on any atom is 0.225 e. The Bertz CT molecular complexity index is 428. The first kappa shape index (κ1) is 14.1. The monoisotopic (exact) mass is 294 g/mol. The van der Waals surface area contributed by atoms with Gasteiger partial charge in [0.05, 0.1) is 17.4 Å². The van der Waals surface area contributed by atoms with E-state index < -0.39 is 0 Å². The summed E-state index contributed by atoms with van der Waals surface area (Å²) in [4.78, 5) is 10.9. The average Bonchev–Trinajstić information content (AvgIpc) is 3.26. The van der Waals surface area contributed by atoms with Crippen molar-refractivity contribution in [2.75, 3.05) is 31.6 Å². The van der Waals surface area contributed by atoms with Crippen LogP contribution in [-0.2, 0) is 0 Å². The highest BCUT2D eigenvalue weighted by Gasteiger charge is 2.42. The number of piperidine rings is 1. The molecule has 0 amide bonds. The zero-order valence-corrected chi connectivity index (χ0v) is 12.8. The summed E-state index contributed by atoms with van der Waals surface area (Å²) >= 11 is 5.83. The third-order valence-electron chi connectivity index (χ3n) is 4.78. The molecule has 20 heavy (non-hydrogen) atoms. The van der Waals surface area contributed by atoms with Crippen molar-refractivity contribution in [1.29, 1.82) is 0 Å². The van der Waals surface area contributed by atoms with E-state index in [4.69, 9.17) is 11.6 Å². The van der Waals surface area contributed by atoms with Crippen LogP contribution in [0.5, 0.6) is 0 Å². The van der Waals surface area contributed by atoms with Crippen LogP contribution in [0.4, 0.5) is 5.95 Å². The molecular formula is C15H23ClN4. The molecule has 2 atom stereocenters. The fourth-order valence-electron chi connectivity index (χ4n) is 3.51. The Morgan fingerprint density at radius 3 is 2.65 bits per heavy atom. The smallest absolute Gasteiger partial charge is 0.225 e. The van der Waals surface area contributed by atoms with Crippen LogP contribution >= 0.6 is 11.6 Å². The predicted octanol–water partition coefficient (Wildman–Crippen LogP) is 2.59. The summed E-state index contributed by atoms with van der Waals surface area (Å²) < 4.78 is 0. The number of anilines is 1. The number of rotatable bonds is 5. The van der Waals surface area contributed by atoms with Crippen molar-refractivity contribution < 1.29 is 0 Å². The lowest BCUT2D eigenvalue weighted by Gasteiger charge is -2.32. The minimum atomic E-state index is 0.606. The summed E-state index contributed by atoms with van der Waals surface area (Å²) in [6.45, 7) is 3.34. The molecule has 1 N–H and O–H groups in total. The molecule has 4 nitrogen and oxygen atoms in total. The molecule has 5 heteroatoms. The van der Waals surface area contributed by atoms with Crippen LogP contribution in [0, 0.1) is 17.8 Å². The summed E-state index contributed by atoms with van der Waals surface area (Å²) in [6.07, 6.45) is 8.74. The number of hydrogen-bond acceptors (Lipinski definition) is 4. The third kappa shape index (κ3) is 3.23. The van der Waals surface area contributed by atoms with Gasteiger partial charge in [-0.2, -0.15) is 0 Å². The van der Waals surface area contributed by atoms with Crippen molar-refractivity contribution >= 4 is 17.5 Å². The molecule has 3 rings (SSSR count). The molecule has 0 spiro atoms. The van der Waals surface area contributed by atoms with Gasteiger partial charge in [-0.25, -0.2) is 9.97 Å². The fourth-order valence-corrected chi connectivity index (χ4v) is 3.60. The Morgan fingerprint density at radius 2 is 2.00 bits per heavy atom. The van der Waals surface area contributed by atoms with Crippen molar-refractivity contribution in [2.45, 2.75) is 25.7 Å². The molecule has 1 saturated heterocycles. The first-order valence-corrected chi connectivity index (χ1v) is 8.03. The first-order valence-electron chi connectivity index (χ1n) is 7.65. The van der Waals surface area contributed by atoms with E-state index in [1.165, 1.54) is 32.2 Å². The molecule has 1 aliphatic heterocycles. The van der Waals surface area contributed by atoms with Crippen LogP contribution in [0.1, 0.15) is 25.7 Å². The maximum atomic E-state index is 5.83. The first-order chi connectivity index (χ1) is 9.78. The second kappa shape index (κ2) is 6.27. The number of aromatic nitrogens is 2. The summed E-state index contributed by atoms with van der Waals surface area (Å²) in [5, 5.41) is 3.87. The quantitative estimate of drug-likeness (QED) is 0.906. The largest absolute Gasteiger partial charge is 0.341 e. The van der Waals surface area contributed by atoms with Gasteiger partial charge in [0.15, 0.2) is 0 Å². The van der Waals surface area contributed by atoms with Crippen molar-refractivity contribution in [3.05, 3.63) is 17.4 Å². The molecule has 1 aromatic heterocycles. The van der Waals surface area contributed by atoms with E-state index in [0.717, 1.165) is 36.8 Å². The number of hydrogen-bond donors (Lipinski definition) is 1. The standard InChI is InChI=1S/C15H23ClN4/c1-17-5-2-12-8-14(12)11-3-6-20(7-4-11)15-18-9-13(16)10-19-15/h9-12,14,17H,2-8H2,1H3. The van der Waals surface area contributed by atoms with Crippen molar-refractivity contribution in [3.63, 3.8) is 0 Å². The Kier molecular flexibility index (Phi) is 4.41. The van der Waals surface area contributed by atoms with E-state index >= 15 is 0 Å². The second-order valence-corrected chi connectivity index (χ2v) is 6.51. The molecule has 1 aromatic rings. The molecule has 2 fully saturated rings. The summed E-state index contributed by atoms with van der Waals surface area (Å²) in [7, 11) is 2.04. The van der Waals surface area contributed by atoms with Crippen molar-refractivity contribution in [2.24, 2.45) is 17.8 Å². The number of nitrogens with one attached hydrogen (secondary N) is 1. The molecule has 2 aliphatic rings.